The summed E-state index contributed by atoms with van der Waals surface area (Å²) in [6.07, 6.45) is 3.76. The summed E-state index contributed by atoms with van der Waals surface area (Å²) in [6, 6.07) is 0.575. The summed E-state index contributed by atoms with van der Waals surface area (Å²) >= 11 is 0. The molecule has 100 valence electrons. The van der Waals surface area contributed by atoms with Crippen LogP contribution in [0.25, 0.3) is 0 Å². The Hall–Kier alpha value is -0.610. The zero-order valence-corrected chi connectivity index (χ0v) is 11.3. The molecule has 0 bridgehead atoms. The Labute approximate surface area is 104 Å². The lowest BCUT2D eigenvalue weighted by molar-refractivity contribution is -0.122. The number of primary amides is 1. The fourth-order valence-electron chi connectivity index (χ4n) is 3.01. The summed E-state index contributed by atoms with van der Waals surface area (Å²) in [6.45, 7) is 8.35. The second-order valence-corrected chi connectivity index (χ2v) is 6.08. The Morgan fingerprint density at radius 3 is 2.76 bits per heavy atom. The van der Waals surface area contributed by atoms with Gasteiger partial charge < -0.3 is 15.8 Å². The van der Waals surface area contributed by atoms with Crippen molar-refractivity contribution in [1.82, 2.24) is 5.32 Å². The predicted molar refractivity (Wildman–Crippen MR) is 68.6 cm³/mol. The maximum absolute atomic E-state index is 10.5. The third-order valence-corrected chi connectivity index (χ3v) is 3.31. The molecule has 1 aliphatic rings. The molecule has 1 fully saturated rings. The zero-order valence-electron chi connectivity index (χ0n) is 11.3. The number of nitrogens with two attached hydrogens (primary N) is 1. The van der Waals surface area contributed by atoms with E-state index < -0.39 is 5.91 Å². The summed E-state index contributed by atoms with van der Waals surface area (Å²) in [4.78, 5) is 10.5. The molecule has 2 unspecified atom stereocenters. The van der Waals surface area contributed by atoms with E-state index in [1.165, 1.54) is 19.3 Å². The molecule has 0 heterocycles. The molecule has 1 aliphatic carbocycles. The van der Waals surface area contributed by atoms with E-state index in [4.69, 9.17) is 10.5 Å². The van der Waals surface area contributed by atoms with Crippen molar-refractivity contribution in [3.63, 3.8) is 0 Å². The minimum atomic E-state index is -0.405. The molecule has 0 saturated heterocycles. The van der Waals surface area contributed by atoms with E-state index in [0.29, 0.717) is 18.1 Å². The van der Waals surface area contributed by atoms with Gasteiger partial charge in [0.1, 0.15) is 6.61 Å². The first kappa shape index (κ1) is 14.5. The smallest absolute Gasteiger partial charge is 0.243 e. The molecule has 0 aliphatic heterocycles. The van der Waals surface area contributed by atoms with Crippen molar-refractivity contribution in [2.24, 2.45) is 17.1 Å². The lowest BCUT2D eigenvalue weighted by Crippen LogP contribution is -2.41. The fraction of sp³-hybridized carbons (Fsp3) is 0.923. The number of ether oxygens (including phenoxy) is 1. The van der Waals surface area contributed by atoms with Gasteiger partial charge in [0, 0.05) is 12.6 Å². The SMILES string of the molecule is CC1CC(NCCOCC(N)=O)CC(C)(C)C1. The number of rotatable bonds is 6. The number of hydrogen-bond acceptors (Lipinski definition) is 3. The third-order valence-electron chi connectivity index (χ3n) is 3.31. The van der Waals surface area contributed by atoms with Gasteiger partial charge in [0.25, 0.3) is 0 Å². The van der Waals surface area contributed by atoms with Gasteiger partial charge in [-0.3, -0.25) is 4.79 Å². The number of nitrogens with one attached hydrogen (secondary N) is 1. The van der Waals surface area contributed by atoms with Crippen LogP contribution in [0.1, 0.15) is 40.0 Å². The highest BCUT2D eigenvalue weighted by molar-refractivity contribution is 5.74. The van der Waals surface area contributed by atoms with Crippen molar-refractivity contribution in [3.05, 3.63) is 0 Å². The molecular weight excluding hydrogens is 216 g/mol. The predicted octanol–water partition coefficient (Wildman–Crippen LogP) is 1.29. The summed E-state index contributed by atoms with van der Waals surface area (Å²) in [5, 5.41) is 3.50. The minimum absolute atomic E-state index is 0.0221. The van der Waals surface area contributed by atoms with Crippen LogP contribution in [-0.4, -0.2) is 31.7 Å². The molecule has 0 radical (unpaired) electrons. The van der Waals surface area contributed by atoms with Crippen molar-refractivity contribution in [1.29, 1.82) is 0 Å². The highest BCUT2D eigenvalue weighted by Crippen LogP contribution is 2.38. The molecule has 0 spiro atoms. The van der Waals surface area contributed by atoms with Crippen LogP contribution < -0.4 is 11.1 Å². The Balaban J connectivity index is 2.16. The number of carbonyl (C=O) groups excluding carboxylic acids is 1. The standard InChI is InChI=1S/C13H26N2O2/c1-10-6-11(8-13(2,3)7-10)15-4-5-17-9-12(14)16/h10-11,15H,4-9H2,1-3H3,(H2,14,16). The van der Waals surface area contributed by atoms with Gasteiger partial charge >= 0.3 is 0 Å². The molecule has 4 nitrogen and oxygen atoms in total. The highest BCUT2D eigenvalue weighted by Gasteiger charge is 2.31. The van der Waals surface area contributed by atoms with Gasteiger partial charge in [-0.1, -0.05) is 20.8 Å². The Morgan fingerprint density at radius 1 is 1.47 bits per heavy atom. The second kappa shape index (κ2) is 6.36. The molecule has 0 aromatic rings. The van der Waals surface area contributed by atoms with Crippen LogP contribution in [0.2, 0.25) is 0 Å². The van der Waals surface area contributed by atoms with Crippen LogP contribution in [0.15, 0.2) is 0 Å². The molecule has 17 heavy (non-hydrogen) atoms. The average Bonchev–Trinajstić information content (AvgIpc) is 2.13. The minimum Gasteiger partial charge on any atom is -0.370 e. The number of amides is 1. The molecule has 0 aromatic heterocycles. The zero-order chi connectivity index (χ0) is 12.9. The third kappa shape index (κ3) is 6.03. The first-order chi connectivity index (χ1) is 7.89. The van der Waals surface area contributed by atoms with Gasteiger partial charge in [0.15, 0.2) is 0 Å². The van der Waals surface area contributed by atoms with Gasteiger partial charge in [0.2, 0.25) is 5.91 Å². The highest BCUT2D eigenvalue weighted by atomic mass is 16.5. The first-order valence-electron chi connectivity index (χ1n) is 6.48. The van der Waals surface area contributed by atoms with Gasteiger partial charge in [-0.15, -0.1) is 0 Å². The van der Waals surface area contributed by atoms with Crippen LogP contribution in [0.3, 0.4) is 0 Å². The van der Waals surface area contributed by atoms with Gasteiger partial charge in [-0.2, -0.15) is 0 Å². The van der Waals surface area contributed by atoms with E-state index in [2.05, 4.69) is 26.1 Å². The van der Waals surface area contributed by atoms with Gasteiger partial charge in [-0.05, 0) is 30.6 Å². The average molecular weight is 242 g/mol. The molecule has 0 aromatic carbocycles. The van der Waals surface area contributed by atoms with Crippen LogP contribution in [0.5, 0.6) is 0 Å². The molecule has 1 saturated carbocycles. The Morgan fingerprint density at radius 2 is 2.18 bits per heavy atom. The number of carbonyl (C=O) groups is 1. The Bertz CT molecular complexity index is 254. The topological polar surface area (TPSA) is 64.3 Å². The van der Waals surface area contributed by atoms with E-state index in [9.17, 15) is 4.79 Å². The van der Waals surface area contributed by atoms with Crippen LogP contribution in [-0.2, 0) is 9.53 Å². The summed E-state index contributed by atoms with van der Waals surface area (Å²) < 4.78 is 5.13. The van der Waals surface area contributed by atoms with Crippen molar-refractivity contribution >= 4 is 5.91 Å². The molecule has 1 amide bonds. The van der Waals surface area contributed by atoms with Crippen LogP contribution >= 0.6 is 0 Å². The van der Waals surface area contributed by atoms with Crippen LogP contribution in [0.4, 0.5) is 0 Å². The lowest BCUT2D eigenvalue weighted by atomic mass is 9.70. The largest absolute Gasteiger partial charge is 0.370 e. The molecule has 1 rings (SSSR count). The summed E-state index contributed by atoms with van der Waals surface area (Å²) in [7, 11) is 0. The van der Waals surface area contributed by atoms with Crippen molar-refractivity contribution in [3.8, 4) is 0 Å². The fourth-order valence-corrected chi connectivity index (χ4v) is 3.01. The quantitative estimate of drug-likeness (QED) is 0.690. The van der Waals surface area contributed by atoms with Gasteiger partial charge in [0.05, 0.1) is 6.61 Å². The van der Waals surface area contributed by atoms with E-state index >= 15 is 0 Å². The van der Waals surface area contributed by atoms with E-state index in [1.807, 2.05) is 0 Å². The maximum atomic E-state index is 10.5. The summed E-state index contributed by atoms with van der Waals surface area (Å²) in [5.74, 6) is 0.375. The normalized spacial score (nSPS) is 27.9. The maximum Gasteiger partial charge on any atom is 0.243 e. The number of hydrogen-bond donors (Lipinski definition) is 2. The van der Waals surface area contributed by atoms with Crippen molar-refractivity contribution < 1.29 is 9.53 Å². The lowest BCUT2D eigenvalue weighted by Gasteiger charge is -2.39. The van der Waals surface area contributed by atoms with Gasteiger partial charge in [-0.25, -0.2) is 0 Å². The van der Waals surface area contributed by atoms with E-state index in [-0.39, 0.29) is 6.61 Å². The van der Waals surface area contributed by atoms with Crippen LogP contribution in [0, 0.1) is 11.3 Å². The molecule has 2 atom stereocenters. The summed E-state index contributed by atoms with van der Waals surface area (Å²) in [5.41, 5.74) is 5.42. The monoisotopic (exact) mass is 242 g/mol. The second-order valence-electron chi connectivity index (χ2n) is 6.08. The molecular formula is C13H26N2O2. The van der Waals surface area contributed by atoms with E-state index in [1.54, 1.807) is 0 Å². The van der Waals surface area contributed by atoms with Crippen molar-refractivity contribution in [2.75, 3.05) is 19.8 Å². The first-order valence-corrected chi connectivity index (χ1v) is 6.48. The molecule has 4 heteroatoms. The molecule has 3 N–H and O–H groups in total. The van der Waals surface area contributed by atoms with E-state index in [0.717, 1.165) is 12.5 Å². The van der Waals surface area contributed by atoms with Crippen molar-refractivity contribution in [2.45, 2.75) is 46.1 Å². The Kier molecular flexibility index (Phi) is 5.40.